The molecule has 0 bridgehead atoms. The van der Waals surface area contributed by atoms with Crippen molar-refractivity contribution in [3.63, 3.8) is 0 Å². The Hall–Kier alpha value is -1.65. The number of carbonyl (C=O) groups excluding carboxylic acids is 2. The second-order valence-corrected chi connectivity index (χ2v) is 4.50. The Kier molecular flexibility index (Phi) is 3.26. The first-order valence-electron chi connectivity index (χ1n) is 5.81. The third kappa shape index (κ3) is 2.38. The van der Waals surface area contributed by atoms with Crippen molar-refractivity contribution in [3.8, 4) is 0 Å². The highest BCUT2D eigenvalue weighted by molar-refractivity contribution is 5.95. The molecule has 5 nitrogen and oxygen atoms in total. The Balaban J connectivity index is 2.14. The van der Waals surface area contributed by atoms with Gasteiger partial charge >= 0.3 is 0 Å². The number of hydrogen-bond donors (Lipinski definition) is 0. The maximum absolute atomic E-state index is 12.2. The van der Waals surface area contributed by atoms with Gasteiger partial charge in [-0.15, -0.1) is 0 Å². The summed E-state index contributed by atoms with van der Waals surface area (Å²) in [5.41, 5.74) is 0.500. The number of amides is 1. The molecule has 1 fully saturated rings. The number of aryl methyl sites for hydroxylation is 1. The Morgan fingerprint density at radius 2 is 2.35 bits per heavy atom. The van der Waals surface area contributed by atoms with E-state index in [0.717, 1.165) is 12.8 Å². The fraction of sp³-hybridized carbons (Fsp3) is 0.583. The molecule has 1 aromatic rings. The lowest BCUT2D eigenvalue weighted by atomic mass is 10.1. The summed E-state index contributed by atoms with van der Waals surface area (Å²) in [6.07, 6.45) is 3.74. The van der Waals surface area contributed by atoms with Crippen LogP contribution < -0.4 is 0 Å². The molecule has 5 heteroatoms. The number of ketones is 1. The second-order valence-electron chi connectivity index (χ2n) is 4.50. The minimum Gasteiger partial charge on any atom is -0.361 e. The first-order valence-corrected chi connectivity index (χ1v) is 5.81. The molecule has 0 N–H and O–H groups in total. The van der Waals surface area contributed by atoms with E-state index in [0.29, 0.717) is 24.3 Å². The third-order valence-corrected chi connectivity index (χ3v) is 3.14. The third-order valence-electron chi connectivity index (χ3n) is 3.14. The van der Waals surface area contributed by atoms with Gasteiger partial charge in [-0.25, -0.2) is 0 Å². The quantitative estimate of drug-likeness (QED) is 0.799. The number of aromatic nitrogens is 1. The van der Waals surface area contributed by atoms with E-state index in [4.69, 9.17) is 4.52 Å². The summed E-state index contributed by atoms with van der Waals surface area (Å²) in [4.78, 5) is 25.2. The summed E-state index contributed by atoms with van der Waals surface area (Å²) in [6, 6.07) is 0.0364. The van der Waals surface area contributed by atoms with Crippen LogP contribution in [0.3, 0.4) is 0 Å². The molecule has 0 radical (unpaired) electrons. The van der Waals surface area contributed by atoms with Crippen molar-refractivity contribution in [2.45, 2.75) is 39.2 Å². The zero-order chi connectivity index (χ0) is 12.4. The second kappa shape index (κ2) is 4.69. The van der Waals surface area contributed by atoms with Gasteiger partial charge in [0.1, 0.15) is 17.1 Å². The number of likely N-dealkylation sites (tertiary alicyclic amines) is 1. The van der Waals surface area contributed by atoms with E-state index in [1.54, 1.807) is 18.7 Å². The lowest BCUT2D eigenvalue weighted by Crippen LogP contribution is -2.36. The molecule has 1 saturated heterocycles. The van der Waals surface area contributed by atoms with Crippen LogP contribution in [0.4, 0.5) is 0 Å². The van der Waals surface area contributed by atoms with Crippen LogP contribution in [0, 0.1) is 6.92 Å². The first-order chi connectivity index (χ1) is 8.09. The summed E-state index contributed by atoms with van der Waals surface area (Å²) in [6.45, 7) is 3.99. The molecular formula is C12H16N2O3. The van der Waals surface area contributed by atoms with Crippen molar-refractivity contribution in [2.24, 2.45) is 0 Å². The predicted octanol–water partition coefficient (Wildman–Crippen LogP) is 1.57. The van der Waals surface area contributed by atoms with Gasteiger partial charge in [0, 0.05) is 19.0 Å². The van der Waals surface area contributed by atoms with Gasteiger partial charge in [0.15, 0.2) is 0 Å². The van der Waals surface area contributed by atoms with Crippen LogP contribution in [0.1, 0.15) is 42.3 Å². The lowest BCUT2D eigenvalue weighted by molar-refractivity contribution is -0.117. The largest absolute Gasteiger partial charge is 0.361 e. The van der Waals surface area contributed by atoms with Crippen molar-refractivity contribution in [3.05, 3.63) is 17.5 Å². The summed E-state index contributed by atoms with van der Waals surface area (Å²) in [5, 5.41) is 3.61. The molecule has 1 aromatic heterocycles. The first kappa shape index (κ1) is 11.8. The molecule has 1 atom stereocenters. The number of rotatable bonds is 3. The van der Waals surface area contributed by atoms with Crippen molar-refractivity contribution < 1.29 is 14.1 Å². The molecule has 0 aliphatic carbocycles. The monoisotopic (exact) mass is 236 g/mol. The molecule has 0 saturated carbocycles. The van der Waals surface area contributed by atoms with E-state index in [1.807, 2.05) is 0 Å². The number of Topliss-reactive ketones (excluding diaryl/α,β-unsaturated/α-hetero) is 1. The van der Waals surface area contributed by atoms with Gasteiger partial charge in [-0.3, -0.25) is 9.59 Å². The van der Waals surface area contributed by atoms with E-state index in [2.05, 4.69) is 5.16 Å². The zero-order valence-electron chi connectivity index (χ0n) is 10.1. The van der Waals surface area contributed by atoms with Gasteiger partial charge in [-0.2, -0.15) is 0 Å². The average Bonchev–Trinajstić information content (AvgIpc) is 2.85. The van der Waals surface area contributed by atoms with Gasteiger partial charge in [-0.1, -0.05) is 5.16 Å². The molecule has 1 amide bonds. The average molecular weight is 236 g/mol. The van der Waals surface area contributed by atoms with Crippen molar-refractivity contribution in [1.82, 2.24) is 10.1 Å². The van der Waals surface area contributed by atoms with Gasteiger partial charge in [0.2, 0.25) is 0 Å². The SMILES string of the molecule is CC(=O)CC1CCCN1C(=O)c1cnoc1C. The molecule has 2 rings (SSSR count). The van der Waals surface area contributed by atoms with Gasteiger partial charge in [0.25, 0.3) is 5.91 Å². The molecular weight excluding hydrogens is 220 g/mol. The summed E-state index contributed by atoms with van der Waals surface area (Å²) in [7, 11) is 0. The van der Waals surface area contributed by atoms with E-state index in [9.17, 15) is 9.59 Å². The molecule has 1 aliphatic heterocycles. The maximum Gasteiger partial charge on any atom is 0.259 e. The molecule has 1 unspecified atom stereocenters. The highest BCUT2D eigenvalue weighted by Crippen LogP contribution is 2.23. The van der Waals surface area contributed by atoms with E-state index >= 15 is 0 Å². The minimum absolute atomic E-state index is 0.0364. The van der Waals surface area contributed by atoms with Crippen molar-refractivity contribution >= 4 is 11.7 Å². The van der Waals surface area contributed by atoms with E-state index in [-0.39, 0.29) is 17.7 Å². The van der Waals surface area contributed by atoms with Gasteiger partial charge < -0.3 is 9.42 Å². The topological polar surface area (TPSA) is 63.4 Å². The van der Waals surface area contributed by atoms with Crippen LogP contribution in [0.25, 0.3) is 0 Å². The Morgan fingerprint density at radius 1 is 1.59 bits per heavy atom. The summed E-state index contributed by atoms with van der Waals surface area (Å²) in [5.74, 6) is 0.577. The van der Waals surface area contributed by atoms with Crippen LogP contribution in [0.15, 0.2) is 10.7 Å². The summed E-state index contributed by atoms with van der Waals surface area (Å²) >= 11 is 0. The molecule has 92 valence electrons. The maximum atomic E-state index is 12.2. The molecule has 0 spiro atoms. The summed E-state index contributed by atoms with van der Waals surface area (Å²) < 4.78 is 4.90. The van der Waals surface area contributed by atoms with Crippen LogP contribution in [-0.2, 0) is 4.79 Å². The Morgan fingerprint density at radius 3 is 2.94 bits per heavy atom. The van der Waals surface area contributed by atoms with E-state index < -0.39 is 0 Å². The lowest BCUT2D eigenvalue weighted by Gasteiger charge is -2.23. The van der Waals surface area contributed by atoms with Crippen LogP contribution in [-0.4, -0.2) is 34.3 Å². The van der Waals surface area contributed by atoms with Crippen LogP contribution >= 0.6 is 0 Å². The minimum atomic E-state index is -0.0764. The van der Waals surface area contributed by atoms with Crippen molar-refractivity contribution in [2.75, 3.05) is 6.54 Å². The molecule has 0 aromatic carbocycles. The Bertz CT molecular complexity index is 439. The molecule has 17 heavy (non-hydrogen) atoms. The smallest absolute Gasteiger partial charge is 0.259 e. The molecule has 1 aliphatic rings. The predicted molar refractivity (Wildman–Crippen MR) is 60.6 cm³/mol. The zero-order valence-corrected chi connectivity index (χ0v) is 10.1. The highest BCUT2D eigenvalue weighted by Gasteiger charge is 2.31. The number of nitrogens with zero attached hydrogens (tertiary/aromatic N) is 2. The molecule has 2 heterocycles. The highest BCUT2D eigenvalue weighted by atomic mass is 16.5. The Labute approximate surface area is 99.8 Å². The number of hydrogen-bond acceptors (Lipinski definition) is 4. The van der Waals surface area contributed by atoms with Crippen LogP contribution in [0.5, 0.6) is 0 Å². The van der Waals surface area contributed by atoms with Gasteiger partial charge in [0.05, 0.1) is 6.20 Å². The fourth-order valence-corrected chi connectivity index (χ4v) is 2.31. The fourth-order valence-electron chi connectivity index (χ4n) is 2.31. The normalized spacial score (nSPS) is 19.6. The standard InChI is InChI=1S/C12H16N2O3/c1-8(15)6-10-4-3-5-14(10)12(16)11-7-13-17-9(11)2/h7,10H,3-6H2,1-2H3. The van der Waals surface area contributed by atoms with Gasteiger partial charge in [-0.05, 0) is 26.7 Å². The van der Waals surface area contributed by atoms with E-state index in [1.165, 1.54) is 6.20 Å². The number of carbonyl (C=O) groups is 2. The van der Waals surface area contributed by atoms with Crippen molar-refractivity contribution in [1.29, 1.82) is 0 Å². The van der Waals surface area contributed by atoms with Crippen LogP contribution in [0.2, 0.25) is 0 Å².